The molecule has 0 aromatic carbocycles. The Balaban J connectivity index is 1.57. The Morgan fingerprint density at radius 1 is 1.35 bits per heavy atom. The average Bonchev–Trinajstić information content (AvgIpc) is 2.86. The van der Waals surface area contributed by atoms with Crippen molar-refractivity contribution < 1.29 is 38.8 Å². The zero-order chi connectivity index (χ0) is 18.8. The number of halogens is 1. The molecule has 1 aliphatic carbocycles. The van der Waals surface area contributed by atoms with Gasteiger partial charge in [0.2, 0.25) is 0 Å². The van der Waals surface area contributed by atoms with E-state index in [1.54, 1.807) is 0 Å². The van der Waals surface area contributed by atoms with Crippen LogP contribution in [-0.4, -0.2) is 76.9 Å². The zero-order valence-corrected chi connectivity index (χ0v) is 12.8. The monoisotopic (exact) mass is 369 g/mol. The molecule has 13 heteroatoms. The number of aliphatic hydroxyl groups is 1. The van der Waals surface area contributed by atoms with E-state index in [-0.39, 0.29) is 17.0 Å². The quantitative estimate of drug-likeness (QED) is 0.441. The number of ether oxygens (including phenoxy) is 2. The molecule has 3 heterocycles. The summed E-state index contributed by atoms with van der Waals surface area (Å²) in [6.07, 6.45) is -5.91. The molecule has 0 radical (unpaired) electrons. The molecular weight excluding hydrogens is 357 g/mol. The smallest absolute Gasteiger partial charge is 0.344 e. The zero-order valence-electron chi connectivity index (χ0n) is 12.8. The van der Waals surface area contributed by atoms with E-state index < -0.39 is 48.3 Å². The summed E-state index contributed by atoms with van der Waals surface area (Å²) in [6, 6.07) is 0. The van der Waals surface area contributed by atoms with Crippen molar-refractivity contribution in [1.82, 2.24) is 19.5 Å². The van der Waals surface area contributed by atoms with Crippen LogP contribution in [0.3, 0.4) is 0 Å². The van der Waals surface area contributed by atoms with E-state index in [1.165, 1.54) is 10.9 Å². The molecule has 2 fully saturated rings. The molecule has 5 atom stereocenters. The number of hydrogen-bond donors (Lipinski definition) is 4. The van der Waals surface area contributed by atoms with Crippen LogP contribution in [0.2, 0.25) is 0 Å². The first-order valence-corrected chi connectivity index (χ1v) is 7.32. The number of nitrogen functional groups attached to an aromatic ring is 1. The van der Waals surface area contributed by atoms with Gasteiger partial charge in [0.25, 0.3) is 6.10 Å². The summed E-state index contributed by atoms with van der Waals surface area (Å²) in [7, 11) is 0. The number of hydrogen-bond acceptors (Lipinski definition) is 9. The molecule has 2 aliphatic rings. The van der Waals surface area contributed by atoms with Crippen LogP contribution in [0.4, 0.5) is 10.2 Å². The maximum Gasteiger partial charge on any atom is 0.344 e. The van der Waals surface area contributed by atoms with Crippen molar-refractivity contribution in [1.29, 1.82) is 0 Å². The summed E-state index contributed by atoms with van der Waals surface area (Å²) in [4.78, 5) is 33.4. The van der Waals surface area contributed by atoms with E-state index >= 15 is 0 Å². The first-order chi connectivity index (χ1) is 12.3. The second kappa shape index (κ2) is 5.30. The van der Waals surface area contributed by atoms with Crippen LogP contribution in [0.25, 0.3) is 11.2 Å². The average molecular weight is 369 g/mol. The number of carbonyl (C=O) groups is 2. The standard InChI is InChI=1S/C13H12FN5O7/c14-5-10(19-2-18-3-8(15)16-1-17-9(3)19)26-7-6(13(5,7)24)25-4(11(20)21)12(22)23/h1-2,4-7,10,24H,(H,20,21)(H,22,23)(H2,15,16,17)/t5-,6?,7+,10+,13+/m0/s1. The van der Waals surface area contributed by atoms with Gasteiger partial charge in [-0.3, -0.25) is 4.57 Å². The van der Waals surface area contributed by atoms with Gasteiger partial charge >= 0.3 is 11.9 Å². The SMILES string of the molecule is Nc1ncnc2c1ncn2[C@@H]1O[C@@H]2C(OC(C(=O)O)C(=O)O)[C@]2(O)[C@H]1F. The van der Waals surface area contributed by atoms with Gasteiger partial charge in [-0.1, -0.05) is 0 Å². The van der Waals surface area contributed by atoms with Crippen molar-refractivity contribution in [3.63, 3.8) is 0 Å². The number of imidazole rings is 1. The predicted molar refractivity (Wildman–Crippen MR) is 77.4 cm³/mol. The maximum atomic E-state index is 14.8. The van der Waals surface area contributed by atoms with E-state index in [0.717, 1.165) is 6.33 Å². The largest absolute Gasteiger partial charge is 0.479 e. The topological polar surface area (TPSA) is 183 Å². The number of nitrogens with two attached hydrogens (primary N) is 1. The van der Waals surface area contributed by atoms with Crippen molar-refractivity contribution in [3.05, 3.63) is 12.7 Å². The van der Waals surface area contributed by atoms with Gasteiger partial charge in [-0.15, -0.1) is 0 Å². The third-order valence-electron chi connectivity index (χ3n) is 4.45. The minimum absolute atomic E-state index is 0.0815. The van der Waals surface area contributed by atoms with Crippen LogP contribution >= 0.6 is 0 Å². The lowest BCUT2D eigenvalue weighted by molar-refractivity contribution is -0.173. The number of aliphatic carboxylic acids is 2. The second-order valence-corrected chi connectivity index (χ2v) is 5.93. The Labute approximate surface area is 143 Å². The molecule has 0 spiro atoms. The third-order valence-corrected chi connectivity index (χ3v) is 4.45. The molecule has 1 saturated heterocycles. The fourth-order valence-corrected chi connectivity index (χ4v) is 3.08. The molecule has 5 N–H and O–H groups in total. The minimum atomic E-state index is -2.24. The molecule has 2 aromatic heterocycles. The number of carboxylic acid groups (broad SMARTS) is 2. The Hall–Kier alpha value is -2.90. The predicted octanol–water partition coefficient (Wildman–Crippen LogP) is -1.69. The molecule has 26 heavy (non-hydrogen) atoms. The first-order valence-electron chi connectivity index (χ1n) is 7.32. The number of anilines is 1. The Kier molecular flexibility index (Phi) is 3.37. The lowest BCUT2D eigenvalue weighted by Crippen LogP contribution is -2.39. The summed E-state index contributed by atoms with van der Waals surface area (Å²) in [5, 5.41) is 28.0. The molecule has 138 valence electrons. The molecular formula is C13H12FN5O7. The highest BCUT2D eigenvalue weighted by Crippen LogP contribution is 2.57. The lowest BCUT2D eigenvalue weighted by Gasteiger charge is -2.22. The maximum absolute atomic E-state index is 14.8. The van der Waals surface area contributed by atoms with Crippen molar-refractivity contribution in [3.8, 4) is 0 Å². The van der Waals surface area contributed by atoms with Gasteiger partial charge in [0.1, 0.15) is 24.1 Å². The third kappa shape index (κ3) is 2.07. The van der Waals surface area contributed by atoms with Crippen LogP contribution < -0.4 is 5.73 Å². The molecule has 1 unspecified atom stereocenters. The summed E-state index contributed by atoms with van der Waals surface area (Å²) in [5.41, 5.74) is 3.88. The Morgan fingerprint density at radius 2 is 2.04 bits per heavy atom. The second-order valence-electron chi connectivity index (χ2n) is 5.93. The number of aromatic nitrogens is 4. The van der Waals surface area contributed by atoms with Gasteiger partial charge in [0, 0.05) is 0 Å². The number of alkyl halides is 1. The molecule has 2 aromatic rings. The van der Waals surface area contributed by atoms with E-state index in [4.69, 9.17) is 25.4 Å². The highest BCUT2D eigenvalue weighted by atomic mass is 19.1. The molecule has 0 bridgehead atoms. The van der Waals surface area contributed by atoms with Gasteiger partial charge in [0.05, 0.1) is 6.33 Å². The Bertz CT molecular complexity index is 907. The van der Waals surface area contributed by atoms with Gasteiger partial charge < -0.3 is 30.5 Å². The van der Waals surface area contributed by atoms with Crippen LogP contribution in [0.5, 0.6) is 0 Å². The highest BCUT2D eigenvalue weighted by molar-refractivity contribution is 5.96. The fourth-order valence-electron chi connectivity index (χ4n) is 3.08. The fraction of sp³-hybridized carbons (Fsp3) is 0.462. The van der Waals surface area contributed by atoms with Crippen LogP contribution in [0.1, 0.15) is 6.23 Å². The molecule has 0 amide bonds. The number of nitrogens with zero attached hydrogens (tertiary/aromatic N) is 4. The van der Waals surface area contributed by atoms with Crippen molar-refractivity contribution in [2.75, 3.05) is 5.73 Å². The lowest BCUT2D eigenvalue weighted by atomic mass is 10.2. The van der Waals surface area contributed by atoms with Crippen LogP contribution in [0.15, 0.2) is 12.7 Å². The summed E-state index contributed by atoms with van der Waals surface area (Å²) < 4.78 is 26.3. The number of fused-ring (bicyclic) bond motifs is 2. The summed E-state index contributed by atoms with van der Waals surface area (Å²) >= 11 is 0. The molecule has 12 nitrogen and oxygen atoms in total. The first kappa shape index (κ1) is 16.6. The van der Waals surface area contributed by atoms with Crippen LogP contribution in [-0.2, 0) is 19.1 Å². The van der Waals surface area contributed by atoms with Gasteiger partial charge in [0.15, 0.2) is 29.5 Å². The van der Waals surface area contributed by atoms with E-state index in [1.807, 2.05) is 0 Å². The number of rotatable bonds is 5. The van der Waals surface area contributed by atoms with Crippen molar-refractivity contribution in [2.24, 2.45) is 0 Å². The number of carboxylic acids is 2. The van der Waals surface area contributed by atoms with E-state index in [9.17, 15) is 19.1 Å². The molecule has 4 rings (SSSR count). The Morgan fingerprint density at radius 3 is 2.62 bits per heavy atom. The van der Waals surface area contributed by atoms with Crippen molar-refractivity contribution in [2.45, 2.75) is 36.3 Å². The molecule has 1 aliphatic heterocycles. The van der Waals surface area contributed by atoms with Gasteiger partial charge in [-0.05, 0) is 0 Å². The van der Waals surface area contributed by atoms with E-state index in [0.29, 0.717) is 0 Å². The van der Waals surface area contributed by atoms with Gasteiger partial charge in [-0.2, -0.15) is 0 Å². The normalized spacial score (nSPS) is 32.7. The highest BCUT2D eigenvalue weighted by Gasteiger charge is 2.79. The molecule has 1 saturated carbocycles. The van der Waals surface area contributed by atoms with Gasteiger partial charge in [-0.25, -0.2) is 28.9 Å². The van der Waals surface area contributed by atoms with Crippen molar-refractivity contribution >= 4 is 28.9 Å². The minimum Gasteiger partial charge on any atom is -0.479 e. The summed E-state index contributed by atoms with van der Waals surface area (Å²) in [6.45, 7) is 0. The van der Waals surface area contributed by atoms with Crippen LogP contribution in [0, 0.1) is 0 Å². The van der Waals surface area contributed by atoms with E-state index in [2.05, 4.69) is 15.0 Å². The summed E-state index contributed by atoms with van der Waals surface area (Å²) in [5.74, 6) is -3.46.